The van der Waals surface area contributed by atoms with Gasteiger partial charge in [0.15, 0.2) is 0 Å². The van der Waals surface area contributed by atoms with Crippen molar-refractivity contribution in [2.45, 2.75) is 26.3 Å². The molecule has 0 aliphatic heterocycles. The van der Waals surface area contributed by atoms with E-state index in [9.17, 15) is 0 Å². The molecule has 0 aliphatic rings. The van der Waals surface area contributed by atoms with E-state index in [1.807, 2.05) is 12.1 Å². The van der Waals surface area contributed by atoms with Crippen molar-refractivity contribution in [2.75, 3.05) is 6.54 Å². The predicted molar refractivity (Wildman–Crippen MR) is 70.1 cm³/mol. The summed E-state index contributed by atoms with van der Waals surface area (Å²) in [5.74, 6) is 0.343. The zero-order chi connectivity index (χ0) is 11.7. The average molecular weight is 237 g/mol. The second kappa shape index (κ2) is 4.48. The SMILES string of the molecule is CCn1cc(C(C)CN)c2c(Cl)cccc21. The number of halogens is 1. The maximum absolute atomic E-state index is 6.28. The fourth-order valence-corrected chi connectivity index (χ4v) is 2.38. The summed E-state index contributed by atoms with van der Waals surface area (Å²) in [5.41, 5.74) is 8.20. The van der Waals surface area contributed by atoms with E-state index >= 15 is 0 Å². The summed E-state index contributed by atoms with van der Waals surface area (Å²) in [6.45, 7) is 5.87. The van der Waals surface area contributed by atoms with Crippen molar-refractivity contribution in [1.82, 2.24) is 4.57 Å². The first kappa shape index (κ1) is 11.5. The fourth-order valence-electron chi connectivity index (χ4n) is 2.10. The van der Waals surface area contributed by atoms with Crippen molar-refractivity contribution in [2.24, 2.45) is 5.73 Å². The topological polar surface area (TPSA) is 30.9 Å². The van der Waals surface area contributed by atoms with Gasteiger partial charge >= 0.3 is 0 Å². The Balaban J connectivity index is 2.74. The maximum atomic E-state index is 6.28. The van der Waals surface area contributed by atoms with Gasteiger partial charge in [-0.25, -0.2) is 0 Å². The Morgan fingerprint density at radius 2 is 2.19 bits per heavy atom. The van der Waals surface area contributed by atoms with Crippen molar-refractivity contribution in [3.8, 4) is 0 Å². The molecular formula is C13H17ClN2. The molecule has 1 aromatic carbocycles. The molecular weight excluding hydrogens is 220 g/mol. The molecule has 0 fully saturated rings. The standard InChI is InChI=1S/C13H17ClN2/c1-3-16-8-10(9(2)7-15)13-11(14)5-4-6-12(13)16/h4-6,8-9H,3,7,15H2,1-2H3. The molecule has 2 aromatic rings. The Kier molecular flexibility index (Phi) is 3.22. The lowest BCUT2D eigenvalue weighted by Gasteiger charge is -2.07. The Hall–Kier alpha value is -0.990. The summed E-state index contributed by atoms with van der Waals surface area (Å²) in [4.78, 5) is 0. The molecule has 0 saturated carbocycles. The minimum Gasteiger partial charge on any atom is -0.347 e. The molecule has 2 nitrogen and oxygen atoms in total. The van der Waals surface area contributed by atoms with E-state index in [4.69, 9.17) is 17.3 Å². The van der Waals surface area contributed by atoms with Crippen LogP contribution in [0.5, 0.6) is 0 Å². The van der Waals surface area contributed by atoms with Crippen LogP contribution in [0.3, 0.4) is 0 Å². The lowest BCUT2D eigenvalue weighted by atomic mass is 10.0. The lowest BCUT2D eigenvalue weighted by Crippen LogP contribution is -2.08. The number of aromatic nitrogens is 1. The van der Waals surface area contributed by atoms with Crippen molar-refractivity contribution in [3.63, 3.8) is 0 Å². The largest absolute Gasteiger partial charge is 0.347 e. The molecule has 0 aliphatic carbocycles. The number of nitrogens with zero attached hydrogens (tertiary/aromatic N) is 1. The average Bonchev–Trinajstić information content (AvgIpc) is 2.68. The normalized spacial score (nSPS) is 13.2. The lowest BCUT2D eigenvalue weighted by molar-refractivity contribution is 0.752. The van der Waals surface area contributed by atoms with Gasteiger partial charge in [0.1, 0.15) is 0 Å². The predicted octanol–water partition coefficient (Wildman–Crippen LogP) is 3.38. The van der Waals surface area contributed by atoms with E-state index in [-0.39, 0.29) is 0 Å². The van der Waals surface area contributed by atoms with Gasteiger partial charge in [0.2, 0.25) is 0 Å². The second-order valence-corrected chi connectivity index (χ2v) is 4.55. The van der Waals surface area contributed by atoms with Crippen LogP contribution in [0.25, 0.3) is 10.9 Å². The highest BCUT2D eigenvalue weighted by atomic mass is 35.5. The van der Waals surface area contributed by atoms with Crippen LogP contribution in [0, 0.1) is 0 Å². The summed E-state index contributed by atoms with van der Waals surface area (Å²) in [6.07, 6.45) is 2.17. The first-order chi connectivity index (χ1) is 7.69. The summed E-state index contributed by atoms with van der Waals surface area (Å²) >= 11 is 6.28. The van der Waals surface area contributed by atoms with Gasteiger partial charge in [-0.1, -0.05) is 24.6 Å². The number of nitrogens with two attached hydrogens (primary N) is 1. The van der Waals surface area contributed by atoms with Crippen LogP contribution in [-0.4, -0.2) is 11.1 Å². The number of hydrogen-bond acceptors (Lipinski definition) is 1. The first-order valence-corrected chi connectivity index (χ1v) is 6.04. The summed E-state index contributed by atoms with van der Waals surface area (Å²) in [5, 5.41) is 1.98. The van der Waals surface area contributed by atoms with Crippen LogP contribution >= 0.6 is 11.6 Å². The third-order valence-electron chi connectivity index (χ3n) is 3.11. The van der Waals surface area contributed by atoms with Crippen LogP contribution in [0.15, 0.2) is 24.4 Å². The number of benzene rings is 1. The molecule has 0 radical (unpaired) electrons. The third-order valence-corrected chi connectivity index (χ3v) is 3.42. The van der Waals surface area contributed by atoms with E-state index in [0.717, 1.165) is 17.0 Å². The molecule has 16 heavy (non-hydrogen) atoms. The van der Waals surface area contributed by atoms with Gasteiger partial charge in [0, 0.05) is 23.6 Å². The Morgan fingerprint density at radius 3 is 2.81 bits per heavy atom. The monoisotopic (exact) mass is 236 g/mol. The Labute approximate surface area is 101 Å². The third kappa shape index (κ3) is 1.72. The van der Waals surface area contributed by atoms with Crippen LogP contribution in [-0.2, 0) is 6.54 Å². The second-order valence-electron chi connectivity index (χ2n) is 4.14. The fraction of sp³-hybridized carbons (Fsp3) is 0.385. The smallest absolute Gasteiger partial charge is 0.0502 e. The minimum absolute atomic E-state index is 0.343. The summed E-state index contributed by atoms with van der Waals surface area (Å²) < 4.78 is 2.22. The molecule has 86 valence electrons. The highest BCUT2D eigenvalue weighted by Crippen LogP contribution is 2.32. The quantitative estimate of drug-likeness (QED) is 0.870. The molecule has 1 atom stereocenters. The number of fused-ring (bicyclic) bond motifs is 1. The highest BCUT2D eigenvalue weighted by Gasteiger charge is 2.14. The highest BCUT2D eigenvalue weighted by molar-refractivity contribution is 6.35. The molecule has 2 N–H and O–H groups in total. The molecule has 0 saturated heterocycles. The number of hydrogen-bond donors (Lipinski definition) is 1. The summed E-state index contributed by atoms with van der Waals surface area (Å²) in [7, 11) is 0. The first-order valence-electron chi connectivity index (χ1n) is 5.66. The molecule has 2 rings (SSSR count). The molecule has 1 aromatic heterocycles. The van der Waals surface area contributed by atoms with Gasteiger partial charge in [0.05, 0.1) is 5.02 Å². The van der Waals surface area contributed by atoms with Gasteiger partial charge in [-0.05, 0) is 37.1 Å². The summed E-state index contributed by atoms with van der Waals surface area (Å²) in [6, 6.07) is 6.04. The van der Waals surface area contributed by atoms with Crippen molar-refractivity contribution in [3.05, 3.63) is 35.0 Å². The van der Waals surface area contributed by atoms with E-state index in [1.54, 1.807) is 0 Å². The molecule has 1 heterocycles. The molecule has 0 bridgehead atoms. The Bertz CT molecular complexity index is 502. The van der Waals surface area contributed by atoms with E-state index in [0.29, 0.717) is 12.5 Å². The zero-order valence-electron chi connectivity index (χ0n) is 9.70. The van der Waals surface area contributed by atoms with Crippen LogP contribution in [0.4, 0.5) is 0 Å². The van der Waals surface area contributed by atoms with Gasteiger partial charge in [-0.3, -0.25) is 0 Å². The van der Waals surface area contributed by atoms with Crippen molar-refractivity contribution >= 4 is 22.5 Å². The maximum Gasteiger partial charge on any atom is 0.0502 e. The van der Waals surface area contributed by atoms with Crippen molar-refractivity contribution < 1.29 is 0 Å². The minimum atomic E-state index is 0.343. The number of aryl methyl sites for hydroxylation is 1. The molecule has 0 spiro atoms. The Morgan fingerprint density at radius 1 is 1.44 bits per heavy atom. The van der Waals surface area contributed by atoms with Crippen LogP contribution in [0.1, 0.15) is 25.3 Å². The van der Waals surface area contributed by atoms with E-state index in [1.165, 1.54) is 11.1 Å². The molecule has 3 heteroatoms. The van der Waals surface area contributed by atoms with Gasteiger partial charge < -0.3 is 10.3 Å². The van der Waals surface area contributed by atoms with Gasteiger partial charge in [0.25, 0.3) is 0 Å². The number of rotatable bonds is 3. The van der Waals surface area contributed by atoms with Crippen LogP contribution < -0.4 is 5.73 Å². The van der Waals surface area contributed by atoms with E-state index < -0.39 is 0 Å². The van der Waals surface area contributed by atoms with Crippen molar-refractivity contribution in [1.29, 1.82) is 0 Å². The van der Waals surface area contributed by atoms with Crippen LogP contribution in [0.2, 0.25) is 5.02 Å². The van der Waals surface area contributed by atoms with Gasteiger partial charge in [-0.15, -0.1) is 0 Å². The van der Waals surface area contributed by atoms with Gasteiger partial charge in [-0.2, -0.15) is 0 Å². The van der Waals surface area contributed by atoms with E-state index in [2.05, 4.69) is 30.7 Å². The zero-order valence-corrected chi connectivity index (χ0v) is 10.5. The molecule has 0 amide bonds. The molecule has 1 unspecified atom stereocenters.